The molecule has 3 nitrogen and oxygen atoms in total. The van der Waals surface area contributed by atoms with E-state index in [0.29, 0.717) is 6.42 Å². The Morgan fingerprint density at radius 1 is 0.312 bits per heavy atom. The molecule has 0 bridgehead atoms. The monoisotopic (exact) mass is 679 g/mol. The topological polar surface area (TPSA) is 60.7 Å². The molecule has 2 atom stereocenters. The lowest BCUT2D eigenvalue weighted by Gasteiger charge is -2.14. The van der Waals surface area contributed by atoms with Crippen molar-refractivity contribution < 1.29 is 15.3 Å². The maximum absolute atomic E-state index is 9.63. The Hall–Kier alpha value is -0.380. The van der Waals surface area contributed by atoms with Crippen LogP contribution in [-0.4, -0.2) is 34.1 Å². The highest BCUT2D eigenvalue weighted by atomic mass is 16.4. The van der Waals surface area contributed by atoms with E-state index in [0.717, 1.165) is 12.8 Å². The molecule has 0 saturated heterocycles. The van der Waals surface area contributed by atoms with E-state index in [1.165, 1.54) is 231 Å². The molecule has 0 amide bonds. The molecule has 2 unspecified atom stereocenters. The first-order valence-corrected chi connectivity index (χ1v) is 22.3. The van der Waals surface area contributed by atoms with Crippen molar-refractivity contribution in [2.45, 2.75) is 270 Å². The van der Waals surface area contributed by atoms with Crippen molar-refractivity contribution in [3.8, 4) is 0 Å². The van der Waals surface area contributed by atoms with E-state index in [9.17, 15) is 10.2 Å². The molecular weight excluding hydrogens is 588 g/mol. The molecule has 288 valence electrons. The zero-order chi connectivity index (χ0) is 34.9. The zero-order valence-electron chi connectivity index (χ0n) is 32.9. The molecule has 0 aliphatic carbocycles. The largest absolute Gasteiger partial charge is 0.394 e. The fraction of sp³-hybridized carbons (Fsp3) is 0.956. The molecule has 0 radical (unpaired) electrons. The van der Waals surface area contributed by atoms with E-state index < -0.39 is 12.2 Å². The second-order valence-corrected chi connectivity index (χ2v) is 15.5. The fourth-order valence-electron chi connectivity index (χ4n) is 7.16. The predicted molar refractivity (Wildman–Crippen MR) is 214 cm³/mol. The van der Waals surface area contributed by atoms with E-state index in [2.05, 4.69) is 19.1 Å². The lowest BCUT2D eigenvalue weighted by molar-refractivity contribution is -0.0185. The quantitative estimate of drug-likeness (QED) is 0.0445. The first-order chi connectivity index (χ1) is 23.7. The van der Waals surface area contributed by atoms with Gasteiger partial charge in [0.2, 0.25) is 0 Å². The van der Waals surface area contributed by atoms with Gasteiger partial charge in [0.25, 0.3) is 0 Å². The lowest BCUT2D eigenvalue weighted by atomic mass is 10.0. The molecule has 3 N–H and O–H groups in total. The van der Waals surface area contributed by atoms with Gasteiger partial charge in [0, 0.05) is 0 Å². The number of aliphatic hydroxyl groups is 3. The van der Waals surface area contributed by atoms with Crippen molar-refractivity contribution in [1.82, 2.24) is 0 Å². The smallest absolute Gasteiger partial charge is 0.103 e. The number of rotatable bonds is 42. The molecule has 0 spiro atoms. The Labute approximate surface area is 302 Å². The Bertz CT molecular complexity index is 591. The molecule has 48 heavy (non-hydrogen) atoms. The van der Waals surface area contributed by atoms with Gasteiger partial charge in [-0.15, -0.1) is 0 Å². The third-order valence-electron chi connectivity index (χ3n) is 10.6. The van der Waals surface area contributed by atoms with E-state index >= 15 is 0 Å². The maximum Gasteiger partial charge on any atom is 0.103 e. The van der Waals surface area contributed by atoms with E-state index in [4.69, 9.17) is 5.11 Å². The maximum atomic E-state index is 9.63. The summed E-state index contributed by atoms with van der Waals surface area (Å²) in [6.45, 7) is 1.95. The molecular formula is C45H90O3. The first kappa shape index (κ1) is 47.6. The summed E-state index contributed by atoms with van der Waals surface area (Å²) < 4.78 is 0. The summed E-state index contributed by atoms with van der Waals surface area (Å²) in [5, 5.41) is 27.8. The van der Waals surface area contributed by atoms with Crippen LogP contribution in [0.3, 0.4) is 0 Å². The summed E-state index contributed by atoms with van der Waals surface area (Å²) in [6.07, 6.45) is 56.9. The van der Waals surface area contributed by atoms with Crippen LogP contribution in [0.1, 0.15) is 257 Å². The summed E-state index contributed by atoms with van der Waals surface area (Å²) in [4.78, 5) is 0. The van der Waals surface area contributed by atoms with Gasteiger partial charge in [-0.3, -0.25) is 0 Å². The van der Waals surface area contributed by atoms with Gasteiger partial charge in [0.05, 0.1) is 12.7 Å². The SMILES string of the molecule is CCCCCCCCCCCCCCCCCCCCCCCCCCCCCCCC/C=C\CCCCCCCCC(O)C(O)CO. The van der Waals surface area contributed by atoms with Gasteiger partial charge in [-0.1, -0.05) is 237 Å². The molecule has 0 heterocycles. The second-order valence-electron chi connectivity index (χ2n) is 15.5. The average molecular weight is 679 g/mol. The predicted octanol–water partition coefficient (Wildman–Crippen LogP) is 14.5. The number of hydrogen-bond acceptors (Lipinski definition) is 3. The molecule has 0 aliphatic heterocycles. The average Bonchev–Trinajstić information content (AvgIpc) is 3.10. The lowest BCUT2D eigenvalue weighted by Crippen LogP contribution is -2.28. The van der Waals surface area contributed by atoms with Crippen LogP contribution in [0, 0.1) is 0 Å². The number of aliphatic hydroxyl groups excluding tert-OH is 3. The summed E-state index contributed by atoms with van der Waals surface area (Å²) in [5.74, 6) is 0. The minimum atomic E-state index is -0.982. The normalized spacial score (nSPS) is 13.2. The van der Waals surface area contributed by atoms with Gasteiger partial charge in [-0.25, -0.2) is 0 Å². The number of unbranched alkanes of at least 4 members (excludes halogenated alkanes) is 36. The number of allylic oxidation sites excluding steroid dienone is 2. The highest BCUT2D eigenvalue weighted by molar-refractivity contribution is 4.81. The van der Waals surface area contributed by atoms with Crippen molar-refractivity contribution in [1.29, 1.82) is 0 Å². The van der Waals surface area contributed by atoms with Crippen LogP contribution in [0.5, 0.6) is 0 Å². The van der Waals surface area contributed by atoms with Crippen LogP contribution in [0.4, 0.5) is 0 Å². The van der Waals surface area contributed by atoms with E-state index in [-0.39, 0.29) is 6.61 Å². The molecule has 0 aromatic heterocycles. The second kappa shape index (κ2) is 42.8. The summed E-state index contributed by atoms with van der Waals surface area (Å²) in [5.41, 5.74) is 0. The minimum Gasteiger partial charge on any atom is -0.394 e. The minimum absolute atomic E-state index is 0.353. The van der Waals surface area contributed by atoms with Gasteiger partial charge >= 0.3 is 0 Å². The number of hydrogen-bond donors (Lipinski definition) is 3. The molecule has 0 fully saturated rings. The Morgan fingerprint density at radius 3 is 0.792 bits per heavy atom. The molecule has 0 aliphatic rings. The first-order valence-electron chi connectivity index (χ1n) is 22.3. The zero-order valence-corrected chi connectivity index (χ0v) is 32.9. The highest BCUT2D eigenvalue weighted by Crippen LogP contribution is 2.17. The third kappa shape index (κ3) is 40.1. The van der Waals surface area contributed by atoms with E-state index in [1.807, 2.05) is 0 Å². The van der Waals surface area contributed by atoms with Crippen molar-refractivity contribution >= 4 is 0 Å². The summed E-state index contributed by atoms with van der Waals surface area (Å²) >= 11 is 0. The van der Waals surface area contributed by atoms with Crippen LogP contribution in [0.25, 0.3) is 0 Å². The summed E-state index contributed by atoms with van der Waals surface area (Å²) in [7, 11) is 0. The van der Waals surface area contributed by atoms with Gasteiger partial charge in [-0.05, 0) is 32.1 Å². The Balaban J connectivity index is 3.12. The van der Waals surface area contributed by atoms with Gasteiger partial charge < -0.3 is 15.3 Å². The molecule has 0 rings (SSSR count). The fourth-order valence-corrected chi connectivity index (χ4v) is 7.16. The van der Waals surface area contributed by atoms with Crippen LogP contribution < -0.4 is 0 Å². The van der Waals surface area contributed by atoms with Crippen LogP contribution in [0.15, 0.2) is 12.2 Å². The third-order valence-corrected chi connectivity index (χ3v) is 10.6. The standard InChI is InChI=1S/C45H90O3/c1-2-3-4-5-6-7-8-9-10-11-12-13-14-15-16-17-18-19-20-21-22-23-24-25-26-27-28-29-30-31-32-33-34-35-36-37-38-39-40-41-42-44(47)45(48)43-46/h33-34,44-48H,2-32,35-43H2,1H3/b34-33-. The van der Waals surface area contributed by atoms with Gasteiger partial charge in [0.15, 0.2) is 0 Å². The van der Waals surface area contributed by atoms with Crippen LogP contribution >= 0.6 is 0 Å². The molecule has 0 aromatic rings. The van der Waals surface area contributed by atoms with Crippen molar-refractivity contribution in [3.63, 3.8) is 0 Å². The Morgan fingerprint density at radius 2 is 0.542 bits per heavy atom. The van der Waals surface area contributed by atoms with E-state index in [1.54, 1.807) is 0 Å². The molecule has 3 heteroatoms. The van der Waals surface area contributed by atoms with Crippen molar-refractivity contribution in [2.75, 3.05) is 6.61 Å². The highest BCUT2D eigenvalue weighted by Gasteiger charge is 2.13. The summed E-state index contributed by atoms with van der Waals surface area (Å²) in [6, 6.07) is 0. The van der Waals surface area contributed by atoms with Crippen LogP contribution in [-0.2, 0) is 0 Å². The van der Waals surface area contributed by atoms with Gasteiger partial charge in [-0.2, -0.15) is 0 Å². The molecule has 0 saturated carbocycles. The van der Waals surface area contributed by atoms with Gasteiger partial charge in [0.1, 0.15) is 6.10 Å². The van der Waals surface area contributed by atoms with Crippen molar-refractivity contribution in [3.05, 3.63) is 12.2 Å². The Kier molecular flexibility index (Phi) is 42.4. The van der Waals surface area contributed by atoms with Crippen LogP contribution in [0.2, 0.25) is 0 Å². The molecule has 0 aromatic carbocycles. The van der Waals surface area contributed by atoms with Crippen molar-refractivity contribution in [2.24, 2.45) is 0 Å².